The number of rotatable bonds is 3. The van der Waals surface area contributed by atoms with E-state index in [9.17, 15) is 0 Å². The summed E-state index contributed by atoms with van der Waals surface area (Å²) in [7, 11) is 0. The van der Waals surface area contributed by atoms with Crippen molar-refractivity contribution in [2.45, 2.75) is 47.0 Å². The van der Waals surface area contributed by atoms with Gasteiger partial charge in [0.05, 0.1) is 4.47 Å². The average Bonchev–Trinajstić information content (AvgIpc) is 2.58. The summed E-state index contributed by atoms with van der Waals surface area (Å²) < 4.78 is 6.86. The molecule has 1 heterocycles. The van der Waals surface area contributed by atoms with Crippen molar-refractivity contribution in [1.82, 2.24) is 4.98 Å². The number of nitrogens with zero attached hydrogens (tertiary/aromatic N) is 1. The average molecular weight is 310 g/mol. The van der Waals surface area contributed by atoms with Crippen molar-refractivity contribution in [2.24, 2.45) is 5.41 Å². The zero-order chi connectivity index (χ0) is 13.3. The minimum absolute atomic E-state index is 0.194. The molecule has 0 spiro atoms. The van der Waals surface area contributed by atoms with Gasteiger partial charge in [-0.3, -0.25) is 0 Å². The largest absolute Gasteiger partial charge is 0.439 e. The van der Waals surface area contributed by atoms with Crippen LogP contribution in [0.25, 0.3) is 11.1 Å². The zero-order valence-electron chi connectivity index (χ0n) is 11.5. The van der Waals surface area contributed by atoms with Crippen molar-refractivity contribution in [3.8, 4) is 0 Å². The van der Waals surface area contributed by atoms with Crippen LogP contribution in [0.2, 0.25) is 0 Å². The van der Waals surface area contributed by atoms with Gasteiger partial charge in [0.2, 0.25) is 0 Å². The third-order valence-electron chi connectivity index (χ3n) is 2.77. The van der Waals surface area contributed by atoms with Gasteiger partial charge in [0.1, 0.15) is 5.52 Å². The number of hydrogen-bond donors (Lipinski definition) is 0. The fourth-order valence-electron chi connectivity index (χ4n) is 2.05. The highest BCUT2D eigenvalue weighted by Gasteiger charge is 2.17. The van der Waals surface area contributed by atoms with E-state index in [-0.39, 0.29) is 5.41 Å². The third kappa shape index (κ3) is 3.14. The number of benzene rings is 1. The van der Waals surface area contributed by atoms with Crippen LogP contribution in [0.4, 0.5) is 0 Å². The van der Waals surface area contributed by atoms with E-state index in [4.69, 9.17) is 4.42 Å². The lowest BCUT2D eigenvalue weighted by Gasteiger charge is -2.14. The van der Waals surface area contributed by atoms with Crippen LogP contribution in [0.15, 0.2) is 21.0 Å². The standard InChI is InChI=1S/C15H20BrNO/c1-5-6-10-7-11(16)14-12(8-10)17-13(18-14)9-15(2,3)4/h7-8H,5-6,9H2,1-4H3. The summed E-state index contributed by atoms with van der Waals surface area (Å²) in [5.41, 5.74) is 3.34. The second-order valence-electron chi connectivity index (χ2n) is 6.02. The lowest BCUT2D eigenvalue weighted by atomic mass is 9.92. The molecular weight excluding hydrogens is 290 g/mol. The number of aryl methyl sites for hydroxylation is 1. The fourth-order valence-corrected chi connectivity index (χ4v) is 2.63. The van der Waals surface area contributed by atoms with Crippen molar-refractivity contribution in [2.75, 3.05) is 0 Å². The van der Waals surface area contributed by atoms with Crippen molar-refractivity contribution < 1.29 is 4.42 Å². The topological polar surface area (TPSA) is 26.0 Å². The molecule has 1 aromatic carbocycles. The first-order valence-corrected chi connectivity index (χ1v) is 7.26. The molecule has 0 fully saturated rings. The lowest BCUT2D eigenvalue weighted by molar-refractivity contribution is 0.361. The Hall–Kier alpha value is -0.830. The Bertz CT molecular complexity index is 551. The highest BCUT2D eigenvalue weighted by atomic mass is 79.9. The maximum atomic E-state index is 5.85. The molecule has 2 nitrogen and oxygen atoms in total. The zero-order valence-corrected chi connectivity index (χ0v) is 13.1. The van der Waals surface area contributed by atoms with Gasteiger partial charge >= 0.3 is 0 Å². The Morgan fingerprint density at radius 2 is 2.00 bits per heavy atom. The SMILES string of the molecule is CCCc1cc(Br)c2oc(CC(C)(C)C)nc2c1. The second-order valence-corrected chi connectivity index (χ2v) is 6.88. The summed E-state index contributed by atoms with van der Waals surface area (Å²) in [6, 6.07) is 4.27. The molecule has 0 atom stereocenters. The van der Waals surface area contributed by atoms with Gasteiger partial charge in [0, 0.05) is 6.42 Å². The summed E-state index contributed by atoms with van der Waals surface area (Å²) in [5, 5.41) is 0. The Labute approximate surface area is 117 Å². The van der Waals surface area contributed by atoms with Crippen LogP contribution in [0.1, 0.15) is 45.6 Å². The van der Waals surface area contributed by atoms with E-state index < -0.39 is 0 Å². The predicted molar refractivity (Wildman–Crippen MR) is 78.9 cm³/mol. The molecule has 2 aromatic rings. The molecule has 0 aliphatic rings. The molecule has 0 aliphatic heterocycles. The predicted octanol–water partition coefficient (Wildman–Crippen LogP) is 5.13. The first-order chi connectivity index (χ1) is 8.39. The van der Waals surface area contributed by atoms with Crippen LogP contribution in [0.3, 0.4) is 0 Å². The Kier molecular flexibility index (Phi) is 3.81. The summed E-state index contributed by atoms with van der Waals surface area (Å²) >= 11 is 3.58. The van der Waals surface area contributed by atoms with Gasteiger partial charge in [-0.05, 0) is 45.5 Å². The first kappa shape index (κ1) is 13.6. The smallest absolute Gasteiger partial charge is 0.196 e. The number of halogens is 1. The molecule has 3 heteroatoms. The molecule has 0 bridgehead atoms. The minimum atomic E-state index is 0.194. The van der Waals surface area contributed by atoms with Gasteiger partial charge < -0.3 is 4.42 Å². The molecular formula is C15H20BrNO. The summed E-state index contributed by atoms with van der Waals surface area (Å²) in [5.74, 6) is 0.826. The van der Waals surface area contributed by atoms with Crippen LogP contribution >= 0.6 is 15.9 Å². The van der Waals surface area contributed by atoms with E-state index in [1.165, 1.54) is 5.56 Å². The van der Waals surface area contributed by atoms with E-state index in [1.807, 2.05) is 0 Å². The molecule has 2 rings (SSSR count). The number of aromatic nitrogens is 1. The highest BCUT2D eigenvalue weighted by Crippen LogP contribution is 2.29. The monoisotopic (exact) mass is 309 g/mol. The maximum Gasteiger partial charge on any atom is 0.196 e. The van der Waals surface area contributed by atoms with Crippen LogP contribution < -0.4 is 0 Å². The van der Waals surface area contributed by atoms with Crippen LogP contribution in [0, 0.1) is 5.41 Å². The quantitative estimate of drug-likeness (QED) is 0.785. The molecule has 0 saturated heterocycles. The van der Waals surface area contributed by atoms with E-state index in [1.54, 1.807) is 0 Å². The molecule has 0 N–H and O–H groups in total. The first-order valence-electron chi connectivity index (χ1n) is 6.47. The normalized spacial score (nSPS) is 12.3. The number of oxazole rings is 1. The Morgan fingerprint density at radius 1 is 1.28 bits per heavy atom. The van der Waals surface area contributed by atoms with Gasteiger partial charge in [-0.15, -0.1) is 0 Å². The summed E-state index contributed by atoms with van der Waals surface area (Å²) in [6.07, 6.45) is 3.08. The van der Waals surface area contributed by atoms with Crippen molar-refractivity contribution in [3.63, 3.8) is 0 Å². The van der Waals surface area contributed by atoms with Crippen LogP contribution in [-0.2, 0) is 12.8 Å². The summed E-state index contributed by atoms with van der Waals surface area (Å²) in [6.45, 7) is 8.77. The van der Waals surface area contributed by atoms with Crippen LogP contribution in [-0.4, -0.2) is 4.98 Å². The second kappa shape index (κ2) is 5.04. The third-order valence-corrected chi connectivity index (χ3v) is 3.36. The molecule has 0 saturated carbocycles. The molecule has 98 valence electrons. The van der Waals surface area contributed by atoms with Crippen LogP contribution in [0.5, 0.6) is 0 Å². The van der Waals surface area contributed by atoms with E-state index in [0.29, 0.717) is 0 Å². The number of hydrogen-bond acceptors (Lipinski definition) is 2. The molecule has 0 unspecified atom stereocenters. The molecule has 0 radical (unpaired) electrons. The Balaban J connectivity index is 2.41. The van der Waals surface area contributed by atoms with E-state index in [0.717, 1.165) is 40.7 Å². The maximum absolute atomic E-state index is 5.85. The van der Waals surface area contributed by atoms with Gasteiger partial charge in [-0.1, -0.05) is 34.1 Å². The lowest BCUT2D eigenvalue weighted by Crippen LogP contribution is -2.09. The molecule has 0 amide bonds. The van der Waals surface area contributed by atoms with Gasteiger partial charge in [0.15, 0.2) is 11.5 Å². The molecule has 0 aliphatic carbocycles. The fraction of sp³-hybridized carbons (Fsp3) is 0.533. The van der Waals surface area contributed by atoms with E-state index >= 15 is 0 Å². The van der Waals surface area contributed by atoms with Gasteiger partial charge in [-0.25, -0.2) is 4.98 Å². The van der Waals surface area contributed by atoms with Crippen molar-refractivity contribution in [3.05, 3.63) is 28.1 Å². The summed E-state index contributed by atoms with van der Waals surface area (Å²) in [4.78, 5) is 4.61. The number of fused-ring (bicyclic) bond motifs is 1. The molecule has 18 heavy (non-hydrogen) atoms. The van der Waals surface area contributed by atoms with E-state index in [2.05, 4.69) is 60.7 Å². The molecule has 1 aromatic heterocycles. The minimum Gasteiger partial charge on any atom is -0.439 e. The van der Waals surface area contributed by atoms with Crippen molar-refractivity contribution in [1.29, 1.82) is 0 Å². The van der Waals surface area contributed by atoms with Gasteiger partial charge in [-0.2, -0.15) is 0 Å². The van der Waals surface area contributed by atoms with Crippen molar-refractivity contribution >= 4 is 27.0 Å². The van der Waals surface area contributed by atoms with Gasteiger partial charge in [0.25, 0.3) is 0 Å². The Morgan fingerprint density at radius 3 is 2.61 bits per heavy atom. The highest BCUT2D eigenvalue weighted by molar-refractivity contribution is 9.10.